The number of halogens is 2. The number of aromatic nitrogens is 5. The number of anilines is 2. The van der Waals surface area contributed by atoms with Crippen LogP contribution in [0.5, 0.6) is 0 Å². The van der Waals surface area contributed by atoms with E-state index in [1.54, 1.807) is 6.07 Å². The zero-order valence-electron chi connectivity index (χ0n) is 23.9. The molecule has 41 heavy (non-hydrogen) atoms. The number of ether oxygens (including phenoxy) is 1. The van der Waals surface area contributed by atoms with Gasteiger partial charge in [-0.25, -0.2) is 28.7 Å². The van der Waals surface area contributed by atoms with Gasteiger partial charge >= 0.3 is 0 Å². The van der Waals surface area contributed by atoms with Crippen LogP contribution in [0.15, 0.2) is 36.7 Å². The molecule has 0 saturated carbocycles. The van der Waals surface area contributed by atoms with Gasteiger partial charge in [-0.15, -0.1) is 0 Å². The van der Waals surface area contributed by atoms with Crippen molar-refractivity contribution < 1.29 is 13.5 Å². The molecule has 3 aromatic heterocycles. The lowest BCUT2D eigenvalue weighted by Crippen LogP contribution is -2.51. The van der Waals surface area contributed by atoms with Crippen LogP contribution in [-0.2, 0) is 4.74 Å². The number of likely N-dealkylation sites (N-methyl/N-ethyl adjacent to an activating group) is 1. The molecule has 1 atom stereocenters. The summed E-state index contributed by atoms with van der Waals surface area (Å²) in [6.07, 6.45) is 2.98. The van der Waals surface area contributed by atoms with Gasteiger partial charge in [0.05, 0.1) is 24.9 Å². The molecule has 216 valence electrons. The summed E-state index contributed by atoms with van der Waals surface area (Å²) in [5, 5.41) is 3.09. The second kappa shape index (κ2) is 11.4. The van der Waals surface area contributed by atoms with Gasteiger partial charge in [-0.2, -0.15) is 0 Å². The third kappa shape index (κ3) is 5.41. The minimum atomic E-state index is -0.640. The number of benzene rings is 1. The fraction of sp³-hybridized carbons (Fsp3) is 0.467. The Morgan fingerprint density at radius 3 is 2.41 bits per heavy atom. The van der Waals surface area contributed by atoms with Gasteiger partial charge in [0.25, 0.3) is 0 Å². The minimum absolute atomic E-state index is 0.00495. The molecule has 0 spiro atoms. The zero-order valence-corrected chi connectivity index (χ0v) is 23.9. The number of hydrogen-bond acceptors (Lipinski definition) is 8. The van der Waals surface area contributed by atoms with E-state index in [2.05, 4.69) is 48.0 Å². The second-order valence-corrected chi connectivity index (χ2v) is 11.2. The van der Waals surface area contributed by atoms with E-state index < -0.39 is 11.6 Å². The number of pyridine rings is 1. The second-order valence-electron chi connectivity index (χ2n) is 11.2. The third-order valence-electron chi connectivity index (χ3n) is 8.18. The monoisotopic (exact) mass is 562 g/mol. The zero-order chi connectivity index (χ0) is 28.7. The van der Waals surface area contributed by atoms with Gasteiger partial charge in [0.15, 0.2) is 11.6 Å². The first-order valence-electron chi connectivity index (χ1n) is 14.3. The van der Waals surface area contributed by atoms with Crippen molar-refractivity contribution in [3.63, 3.8) is 0 Å². The summed E-state index contributed by atoms with van der Waals surface area (Å²) < 4.78 is 37.5. The van der Waals surface area contributed by atoms with Crippen molar-refractivity contribution in [3.8, 4) is 11.3 Å². The number of hydrogen-bond donors (Lipinski definition) is 1. The van der Waals surface area contributed by atoms with Crippen LogP contribution in [0.25, 0.3) is 22.3 Å². The van der Waals surface area contributed by atoms with E-state index in [1.165, 1.54) is 6.07 Å². The van der Waals surface area contributed by atoms with E-state index in [-0.39, 0.29) is 29.2 Å². The Morgan fingerprint density at radius 1 is 1.00 bits per heavy atom. The fourth-order valence-corrected chi connectivity index (χ4v) is 6.03. The number of nitrogens with zero attached hydrogens (tertiary/aromatic N) is 7. The van der Waals surface area contributed by atoms with Gasteiger partial charge in [0.1, 0.15) is 22.9 Å². The van der Waals surface area contributed by atoms with Crippen molar-refractivity contribution in [2.75, 3.05) is 51.3 Å². The molecule has 5 heterocycles. The summed E-state index contributed by atoms with van der Waals surface area (Å²) in [4.78, 5) is 22.5. The minimum Gasteiger partial charge on any atom is -0.381 e. The highest BCUT2D eigenvalue weighted by Gasteiger charge is 2.35. The van der Waals surface area contributed by atoms with Gasteiger partial charge in [-0.1, -0.05) is 13.0 Å². The maximum Gasteiger partial charge on any atom is 0.229 e. The molecule has 1 N–H and O–H groups in total. The van der Waals surface area contributed by atoms with E-state index >= 15 is 4.39 Å². The third-order valence-corrected chi connectivity index (χ3v) is 8.18. The first-order valence-corrected chi connectivity index (χ1v) is 14.3. The largest absolute Gasteiger partial charge is 0.381 e. The smallest absolute Gasteiger partial charge is 0.229 e. The summed E-state index contributed by atoms with van der Waals surface area (Å²) >= 11 is 0. The molecule has 11 heteroatoms. The van der Waals surface area contributed by atoms with E-state index in [0.717, 1.165) is 57.7 Å². The first kappa shape index (κ1) is 27.6. The lowest BCUT2D eigenvalue weighted by Gasteiger charge is -2.44. The van der Waals surface area contributed by atoms with Crippen molar-refractivity contribution in [3.05, 3.63) is 59.7 Å². The average molecular weight is 563 g/mol. The Hall–Kier alpha value is -3.54. The molecular weight excluding hydrogens is 526 g/mol. The van der Waals surface area contributed by atoms with Crippen LogP contribution in [0.4, 0.5) is 20.5 Å². The predicted octanol–water partition coefficient (Wildman–Crippen LogP) is 5.12. The number of piperazine rings is 1. The van der Waals surface area contributed by atoms with Crippen LogP contribution in [0.3, 0.4) is 0 Å². The predicted molar refractivity (Wildman–Crippen MR) is 154 cm³/mol. The summed E-state index contributed by atoms with van der Waals surface area (Å²) in [5.41, 5.74) is 2.33. The standard InChI is InChI=1S/C30H36F2N8O/c1-5-38-8-10-39(11-9-38)29(22-16-41-17-22)20-6-7-26(33-14-20)36-30-34-15-24(32)27(37-30)21-12-23(31)28-25(13-21)40(18(2)3)19(4)35-28/h6-7,12-15,18,22,29H,5,8-11,16-17H2,1-4H3,(H,33,34,36,37)/t29-/m1/s1. The molecule has 2 fully saturated rings. The van der Waals surface area contributed by atoms with Crippen LogP contribution in [-0.4, -0.2) is 80.2 Å². The van der Waals surface area contributed by atoms with Crippen molar-refractivity contribution in [1.82, 2.24) is 34.3 Å². The van der Waals surface area contributed by atoms with Crippen molar-refractivity contribution >= 4 is 22.8 Å². The molecular formula is C30H36F2N8O. The highest BCUT2D eigenvalue weighted by Crippen LogP contribution is 2.35. The Morgan fingerprint density at radius 2 is 1.78 bits per heavy atom. The average Bonchev–Trinajstić information content (AvgIpc) is 3.29. The lowest BCUT2D eigenvalue weighted by molar-refractivity contribution is -0.0824. The summed E-state index contributed by atoms with van der Waals surface area (Å²) in [6.45, 7) is 14.8. The van der Waals surface area contributed by atoms with E-state index in [0.29, 0.717) is 28.6 Å². The molecule has 2 aliphatic heterocycles. The molecule has 1 aromatic carbocycles. The Labute approximate surface area is 238 Å². The van der Waals surface area contributed by atoms with Gasteiger partial charge in [-0.3, -0.25) is 4.90 Å². The number of nitrogens with one attached hydrogen (secondary N) is 1. The highest BCUT2D eigenvalue weighted by molar-refractivity contribution is 5.83. The normalized spacial score (nSPS) is 17.7. The van der Waals surface area contributed by atoms with E-state index in [1.807, 2.05) is 37.6 Å². The lowest BCUT2D eigenvalue weighted by atomic mass is 9.90. The van der Waals surface area contributed by atoms with Crippen molar-refractivity contribution in [1.29, 1.82) is 0 Å². The first-order chi connectivity index (χ1) is 19.8. The van der Waals surface area contributed by atoms with Crippen LogP contribution >= 0.6 is 0 Å². The van der Waals surface area contributed by atoms with Gasteiger partial charge in [-0.05, 0) is 51.1 Å². The molecule has 0 radical (unpaired) electrons. The maximum absolute atomic E-state index is 15.0. The molecule has 6 rings (SSSR count). The maximum atomic E-state index is 15.0. The molecule has 9 nitrogen and oxygen atoms in total. The Kier molecular flexibility index (Phi) is 7.67. The number of imidazole rings is 1. The summed E-state index contributed by atoms with van der Waals surface area (Å²) in [6, 6.07) is 7.29. The molecule has 4 aromatic rings. The van der Waals surface area contributed by atoms with Crippen molar-refractivity contribution in [2.24, 2.45) is 5.92 Å². The van der Waals surface area contributed by atoms with Crippen LogP contribution in [0.2, 0.25) is 0 Å². The van der Waals surface area contributed by atoms with Gasteiger partial charge < -0.3 is 19.5 Å². The Balaban J connectivity index is 1.24. The van der Waals surface area contributed by atoms with E-state index in [4.69, 9.17) is 4.74 Å². The highest BCUT2D eigenvalue weighted by atomic mass is 19.1. The van der Waals surface area contributed by atoms with Crippen molar-refractivity contribution in [2.45, 2.75) is 39.8 Å². The topological polar surface area (TPSA) is 84.2 Å². The molecule has 0 unspecified atom stereocenters. The van der Waals surface area contributed by atoms with Crippen LogP contribution in [0, 0.1) is 24.5 Å². The fourth-order valence-electron chi connectivity index (χ4n) is 6.03. The quantitative estimate of drug-likeness (QED) is 0.317. The van der Waals surface area contributed by atoms with E-state index in [9.17, 15) is 4.39 Å². The SMILES string of the molecule is CCN1CCN([C@H](c2ccc(Nc3ncc(F)c(-c4cc(F)c5nc(C)n(C(C)C)c5c4)n3)nc2)C2COC2)CC1. The van der Waals surface area contributed by atoms with Gasteiger partial charge in [0.2, 0.25) is 5.95 Å². The molecule has 0 bridgehead atoms. The number of fused-ring (bicyclic) bond motifs is 1. The number of rotatable bonds is 8. The van der Waals surface area contributed by atoms with Crippen LogP contribution < -0.4 is 5.32 Å². The molecule has 2 aliphatic rings. The molecule has 2 saturated heterocycles. The molecule has 0 amide bonds. The Bertz CT molecular complexity index is 1530. The molecule has 0 aliphatic carbocycles. The summed E-state index contributed by atoms with van der Waals surface area (Å²) in [5.74, 6) is 0.698. The number of aryl methyl sites for hydroxylation is 1. The van der Waals surface area contributed by atoms with Gasteiger partial charge in [0, 0.05) is 55.9 Å². The van der Waals surface area contributed by atoms with Crippen LogP contribution in [0.1, 0.15) is 44.2 Å². The summed E-state index contributed by atoms with van der Waals surface area (Å²) in [7, 11) is 0.